The Balaban J connectivity index is 1.15. The predicted molar refractivity (Wildman–Crippen MR) is 146 cm³/mol. The molecule has 0 saturated carbocycles. The van der Waals surface area contributed by atoms with Gasteiger partial charge in [-0.05, 0) is 99.8 Å². The quantitative estimate of drug-likeness (QED) is 0.373. The number of rotatable bonds is 4. The number of nitrogens with zero attached hydrogens (tertiary/aromatic N) is 4. The first kappa shape index (κ1) is 22.5. The van der Waals surface area contributed by atoms with Crippen molar-refractivity contribution in [2.75, 3.05) is 20.1 Å². The number of fused-ring (bicyclic) bond motifs is 4. The van der Waals surface area contributed by atoms with Crippen LogP contribution >= 0.6 is 0 Å². The number of hydrogen-bond donors (Lipinski definition) is 2. The number of benzene rings is 1. The second-order valence-electron chi connectivity index (χ2n) is 11.9. The van der Waals surface area contributed by atoms with Crippen LogP contribution in [0.3, 0.4) is 0 Å². The summed E-state index contributed by atoms with van der Waals surface area (Å²) in [4.78, 5) is 13.7. The lowest BCUT2D eigenvalue weighted by Crippen LogP contribution is -2.50. The van der Waals surface area contributed by atoms with Crippen LogP contribution in [0.2, 0.25) is 0 Å². The Morgan fingerprint density at radius 2 is 1.72 bits per heavy atom. The van der Waals surface area contributed by atoms with Crippen molar-refractivity contribution < 1.29 is 0 Å². The van der Waals surface area contributed by atoms with Gasteiger partial charge in [0, 0.05) is 46.2 Å². The van der Waals surface area contributed by atoms with E-state index in [1.54, 1.807) is 0 Å². The van der Waals surface area contributed by atoms with Crippen LogP contribution in [0.1, 0.15) is 75.3 Å². The minimum Gasteiger partial charge on any atom is -0.354 e. The van der Waals surface area contributed by atoms with Crippen LogP contribution in [0.5, 0.6) is 0 Å². The van der Waals surface area contributed by atoms with E-state index in [1.807, 2.05) is 12.4 Å². The number of likely N-dealkylation sites (tertiary alicyclic amines) is 1. The van der Waals surface area contributed by atoms with E-state index in [2.05, 4.69) is 75.1 Å². The Kier molecular flexibility index (Phi) is 5.44. The summed E-state index contributed by atoms with van der Waals surface area (Å²) in [5, 5.41) is 9.70. The summed E-state index contributed by atoms with van der Waals surface area (Å²) < 4.78 is 0. The first-order valence-corrected chi connectivity index (χ1v) is 14.0. The lowest BCUT2D eigenvalue weighted by molar-refractivity contribution is 0.0601. The number of aromatic amines is 2. The molecule has 3 atom stereocenters. The van der Waals surface area contributed by atoms with Crippen LogP contribution in [-0.4, -0.2) is 68.2 Å². The van der Waals surface area contributed by atoms with Gasteiger partial charge in [-0.3, -0.25) is 5.10 Å². The van der Waals surface area contributed by atoms with Gasteiger partial charge in [-0.15, -0.1) is 0 Å². The average molecular weight is 483 g/mol. The van der Waals surface area contributed by atoms with E-state index in [0.717, 1.165) is 29.2 Å². The van der Waals surface area contributed by atoms with Gasteiger partial charge in [-0.1, -0.05) is 19.9 Å². The van der Waals surface area contributed by atoms with Crippen molar-refractivity contribution in [1.82, 2.24) is 30.0 Å². The Morgan fingerprint density at radius 3 is 2.47 bits per heavy atom. The van der Waals surface area contributed by atoms with Crippen LogP contribution in [0.25, 0.3) is 33.2 Å². The molecule has 188 valence electrons. The normalized spacial score (nSPS) is 26.1. The zero-order chi connectivity index (χ0) is 24.4. The molecular weight excluding hydrogens is 444 g/mol. The third-order valence-electron chi connectivity index (χ3n) is 9.65. The molecule has 3 aliphatic heterocycles. The number of aromatic nitrogens is 4. The standard InChI is InChI=1S/C30H38N6/c1-18(2)28-25-14-20(4-7-27(25)33-29(28)24-8-11-31-30-26(24)17-32-34-30)19-9-12-36(13-10-19)23-15-21-5-6-22(16-23)35(21)3/h4,7-8,11,14,17-19,21-23,33H,5-6,9-10,12-13,15-16H2,1-3H3,(H,31,32,34)/t21-,22+,23?. The molecule has 3 aliphatic rings. The van der Waals surface area contributed by atoms with Crippen LogP contribution in [0, 0.1) is 0 Å². The van der Waals surface area contributed by atoms with E-state index in [0.29, 0.717) is 11.8 Å². The summed E-state index contributed by atoms with van der Waals surface area (Å²) in [5.41, 5.74) is 7.37. The van der Waals surface area contributed by atoms with Crippen LogP contribution < -0.4 is 0 Å². The minimum absolute atomic E-state index is 0.417. The van der Waals surface area contributed by atoms with Gasteiger partial charge < -0.3 is 14.8 Å². The molecule has 0 aliphatic carbocycles. The lowest BCUT2D eigenvalue weighted by Gasteiger charge is -2.44. The molecule has 36 heavy (non-hydrogen) atoms. The van der Waals surface area contributed by atoms with Gasteiger partial charge in [-0.2, -0.15) is 5.10 Å². The Bertz CT molecular complexity index is 1380. The molecule has 0 spiro atoms. The summed E-state index contributed by atoms with van der Waals surface area (Å²) in [7, 11) is 2.35. The second kappa shape index (κ2) is 8.70. The fraction of sp³-hybridized carbons (Fsp3) is 0.533. The van der Waals surface area contributed by atoms with Gasteiger partial charge in [0.2, 0.25) is 0 Å². The highest BCUT2D eigenvalue weighted by Gasteiger charge is 2.41. The summed E-state index contributed by atoms with van der Waals surface area (Å²) in [6.45, 7) is 7.11. The van der Waals surface area contributed by atoms with Crippen molar-refractivity contribution in [1.29, 1.82) is 0 Å². The fourth-order valence-corrected chi connectivity index (χ4v) is 7.64. The molecule has 3 aromatic heterocycles. The van der Waals surface area contributed by atoms with Gasteiger partial charge >= 0.3 is 0 Å². The summed E-state index contributed by atoms with van der Waals surface area (Å²) in [6, 6.07) is 11.8. The second-order valence-corrected chi connectivity index (χ2v) is 11.9. The highest BCUT2D eigenvalue weighted by Crippen LogP contribution is 2.41. The zero-order valence-corrected chi connectivity index (χ0v) is 21.8. The maximum Gasteiger partial charge on any atom is 0.155 e. The minimum atomic E-state index is 0.417. The van der Waals surface area contributed by atoms with Gasteiger partial charge in [0.15, 0.2) is 5.65 Å². The van der Waals surface area contributed by atoms with E-state index in [-0.39, 0.29) is 0 Å². The highest BCUT2D eigenvalue weighted by atomic mass is 15.2. The molecule has 0 radical (unpaired) electrons. The molecule has 3 fully saturated rings. The number of hydrogen-bond acceptors (Lipinski definition) is 4. The number of piperidine rings is 2. The topological polar surface area (TPSA) is 63.8 Å². The van der Waals surface area contributed by atoms with Crippen molar-refractivity contribution in [3.63, 3.8) is 0 Å². The lowest BCUT2D eigenvalue weighted by atomic mass is 9.86. The maximum atomic E-state index is 4.45. The highest BCUT2D eigenvalue weighted by molar-refractivity contribution is 5.98. The molecule has 3 saturated heterocycles. The first-order chi connectivity index (χ1) is 17.6. The molecule has 7 rings (SSSR count). The van der Waals surface area contributed by atoms with Crippen molar-refractivity contribution in [3.05, 3.63) is 47.8 Å². The molecule has 4 aromatic rings. The van der Waals surface area contributed by atoms with E-state index < -0.39 is 0 Å². The van der Waals surface area contributed by atoms with E-state index in [4.69, 9.17) is 0 Å². The molecule has 6 heterocycles. The molecule has 1 aromatic carbocycles. The van der Waals surface area contributed by atoms with Crippen LogP contribution in [-0.2, 0) is 0 Å². The molecular formula is C30H38N6. The summed E-state index contributed by atoms with van der Waals surface area (Å²) in [6.07, 6.45) is 11.9. The smallest absolute Gasteiger partial charge is 0.155 e. The molecule has 0 amide bonds. The first-order valence-electron chi connectivity index (χ1n) is 14.0. The molecule has 6 heteroatoms. The number of nitrogens with one attached hydrogen (secondary N) is 2. The van der Waals surface area contributed by atoms with E-state index >= 15 is 0 Å². The van der Waals surface area contributed by atoms with Crippen molar-refractivity contribution >= 4 is 21.9 Å². The fourth-order valence-electron chi connectivity index (χ4n) is 7.64. The SMILES string of the molecule is CC(C)c1c(-c2ccnc3[nH]ncc23)[nH]c2ccc(C3CCN(C4C[C@H]5CC[C@@H](C4)N5C)CC3)cc12. The molecule has 2 bridgehead atoms. The number of H-pyrrole nitrogens is 2. The molecule has 2 N–H and O–H groups in total. The monoisotopic (exact) mass is 482 g/mol. The number of pyridine rings is 1. The van der Waals surface area contributed by atoms with Crippen molar-refractivity contribution in [2.24, 2.45) is 0 Å². The third-order valence-corrected chi connectivity index (χ3v) is 9.65. The largest absolute Gasteiger partial charge is 0.354 e. The predicted octanol–water partition coefficient (Wildman–Crippen LogP) is 6.03. The van der Waals surface area contributed by atoms with Gasteiger partial charge in [0.1, 0.15) is 0 Å². The summed E-state index contributed by atoms with van der Waals surface area (Å²) >= 11 is 0. The van der Waals surface area contributed by atoms with E-state index in [1.165, 1.54) is 84.9 Å². The Morgan fingerprint density at radius 1 is 0.944 bits per heavy atom. The Labute approximate surface area is 213 Å². The van der Waals surface area contributed by atoms with Gasteiger partial charge in [-0.25, -0.2) is 4.98 Å². The van der Waals surface area contributed by atoms with Gasteiger partial charge in [0.05, 0.1) is 11.9 Å². The molecule has 1 unspecified atom stereocenters. The summed E-state index contributed by atoms with van der Waals surface area (Å²) in [5.74, 6) is 1.08. The van der Waals surface area contributed by atoms with E-state index in [9.17, 15) is 0 Å². The average Bonchev–Trinajstić information content (AvgIpc) is 3.56. The van der Waals surface area contributed by atoms with Gasteiger partial charge in [0.25, 0.3) is 0 Å². The Hall–Kier alpha value is -2.70. The third kappa shape index (κ3) is 3.60. The van der Waals surface area contributed by atoms with Crippen molar-refractivity contribution in [3.8, 4) is 11.3 Å². The zero-order valence-electron chi connectivity index (χ0n) is 21.8. The maximum absolute atomic E-state index is 4.45. The molecule has 6 nitrogen and oxygen atoms in total. The van der Waals surface area contributed by atoms with Crippen LogP contribution in [0.4, 0.5) is 0 Å². The van der Waals surface area contributed by atoms with Crippen molar-refractivity contribution in [2.45, 2.75) is 82.3 Å². The van der Waals surface area contributed by atoms with Crippen LogP contribution in [0.15, 0.2) is 36.7 Å².